The molecule has 0 radical (unpaired) electrons. The maximum Gasteiger partial charge on any atom is 0.178 e. The Morgan fingerprint density at radius 2 is 2.00 bits per heavy atom. The molecule has 20 heavy (non-hydrogen) atoms. The highest BCUT2D eigenvalue weighted by Crippen LogP contribution is 2.28. The van der Waals surface area contributed by atoms with Crippen LogP contribution >= 0.6 is 11.3 Å². The summed E-state index contributed by atoms with van der Waals surface area (Å²) in [5.74, 6) is 3.34. The average molecular weight is 298 g/mol. The van der Waals surface area contributed by atoms with Crippen LogP contribution in [-0.2, 0) is 5.41 Å². The molecule has 0 amide bonds. The topological polar surface area (TPSA) is 63.0 Å². The molecule has 0 unspecified atom stereocenters. The minimum atomic E-state index is -0.826. The molecule has 2 rings (SSSR count). The van der Waals surface area contributed by atoms with Gasteiger partial charge in [0, 0.05) is 22.9 Å². The van der Waals surface area contributed by atoms with Crippen LogP contribution in [0, 0.1) is 11.6 Å². The van der Waals surface area contributed by atoms with Gasteiger partial charge in [0.2, 0.25) is 0 Å². The summed E-state index contributed by atoms with van der Waals surface area (Å²) in [4.78, 5) is 4.95. The van der Waals surface area contributed by atoms with E-state index in [0.29, 0.717) is 6.54 Å². The zero-order valence-corrected chi connectivity index (χ0v) is 12.0. The molecular formula is C13H16F2N4S. The van der Waals surface area contributed by atoms with Crippen molar-refractivity contribution in [3.8, 4) is 0 Å². The summed E-state index contributed by atoms with van der Waals surface area (Å²) < 4.78 is 26.9. The van der Waals surface area contributed by atoms with Gasteiger partial charge in [0.05, 0.1) is 0 Å². The molecule has 0 aliphatic rings. The van der Waals surface area contributed by atoms with Gasteiger partial charge in [-0.05, 0) is 11.4 Å². The summed E-state index contributed by atoms with van der Waals surface area (Å²) in [6.45, 7) is 4.54. The molecule has 4 N–H and O–H groups in total. The normalized spacial score (nSPS) is 11.4. The predicted octanol–water partition coefficient (Wildman–Crippen LogP) is 3.10. The maximum absolute atomic E-state index is 13.7. The Morgan fingerprint density at radius 3 is 2.60 bits per heavy atom. The molecular weight excluding hydrogens is 282 g/mol. The molecule has 0 saturated carbocycles. The number of hydrogen-bond donors (Lipinski definition) is 3. The van der Waals surface area contributed by atoms with E-state index in [1.807, 2.05) is 31.4 Å². The summed E-state index contributed by atoms with van der Waals surface area (Å²) >= 11 is 1.63. The van der Waals surface area contributed by atoms with Gasteiger partial charge >= 0.3 is 0 Å². The zero-order chi connectivity index (χ0) is 14.8. The van der Waals surface area contributed by atoms with Crippen molar-refractivity contribution in [3.05, 3.63) is 40.1 Å². The Hall–Kier alpha value is -1.73. The Kier molecular flexibility index (Phi) is 4.20. The number of nitrogens with two attached hydrogens (primary N) is 1. The number of pyridine rings is 1. The number of hydrazine groups is 1. The van der Waals surface area contributed by atoms with Crippen molar-refractivity contribution in [1.82, 2.24) is 4.98 Å². The number of nitrogens with zero attached hydrogens (tertiary/aromatic N) is 1. The van der Waals surface area contributed by atoms with E-state index in [9.17, 15) is 8.78 Å². The molecule has 0 fully saturated rings. The molecule has 2 aromatic rings. The lowest BCUT2D eigenvalue weighted by molar-refractivity contribution is 0.554. The molecule has 108 valence electrons. The van der Waals surface area contributed by atoms with E-state index in [0.717, 1.165) is 6.07 Å². The highest BCUT2D eigenvalue weighted by molar-refractivity contribution is 7.10. The standard InChI is InChI=1S/C13H16F2N4S/c1-13(2,10-4-3-5-20-10)7-17-11-8(14)6-9(15)12(18-11)19-16/h3-6H,7,16H2,1-2H3,(H2,17,18,19). The third-order valence-corrected chi connectivity index (χ3v) is 4.19. The van der Waals surface area contributed by atoms with Crippen molar-refractivity contribution in [3.63, 3.8) is 0 Å². The smallest absolute Gasteiger partial charge is 0.178 e. The molecule has 0 aromatic carbocycles. The van der Waals surface area contributed by atoms with Gasteiger partial charge in [-0.15, -0.1) is 11.3 Å². The van der Waals surface area contributed by atoms with Gasteiger partial charge in [0.1, 0.15) is 0 Å². The second-order valence-electron chi connectivity index (χ2n) is 5.01. The molecule has 0 saturated heterocycles. The van der Waals surface area contributed by atoms with E-state index < -0.39 is 11.6 Å². The van der Waals surface area contributed by atoms with Crippen molar-refractivity contribution in [1.29, 1.82) is 0 Å². The van der Waals surface area contributed by atoms with Crippen LogP contribution in [0.3, 0.4) is 0 Å². The Morgan fingerprint density at radius 1 is 1.30 bits per heavy atom. The summed E-state index contributed by atoms with van der Waals surface area (Å²) in [6.07, 6.45) is 0. The number of aromatic nitrogens is 1. The molecule has 0 bridgehead atoms. The first-order valence-corrected chi connectivity index (χ1v) is 6.92. The van der Waals surface area contributed by atoms with Gasteiger partial charge in [-0.3, -0.25) is 0 Å². The number of thiophene rings is 1. The number of anilines is 2. The average Bonchev–Trinajstić information content (AvgIpc) is 2.92. The molecule has 0 aliphatic heterocycles. The second kappa shape index (κ2) is 5.72. The first-order valence-electron chi connectivity index (χ1n) is 6.04. The first kappa shape index (κ1) is 14.7. The van der Waals surface area contributed by atoms with Gasteiger partial charge in [0.25, 0.3) is 0 Å². The molecule has 4 nitrogen and oxygen atoms in total. The van der Waals surface area contributed by atoms with Gasteiger partial charge in [-0.25, -0.2) is 19.6 Å². The van der Waals surface area contributed by atoms with Gasteiger partial charge in [-0.1, -0.05) is 19.9 Å². The van der Waals surface area contributed by atoms with Gasteiger partial charge in [0.15, 0.2) is 23.3 Å². The van der Waals surface area contributed by atoms with Crippen molar-refractivity contribution in [2.75, 3.05) is 17.3 Å². The summed E-state index contributed by atoms with van der Waals surface area (Å²) in [6, 6.07) is 4.74. The van der Waals surface area contributed by atoms with Crippen molar-refractivity contribution in [2.24, 2.45) is 5.84 Å². The molecule has 7 heteroatoms. The van der Waals surface area contributed by atoms with Crippen LogP contribution in [0.15, 0.2) is 23.6 Å². The van der Waals surface area contributed by atoms with E-state index in [2.05, 4.69) is 15.7 Å². The van der Waals surface area contributed by atoms with E-state index in [1.54, 1.807) is 11.3 Å². The van der Waals surface area contributed by atoms with Crippen molar-refractivity contribution >= 4 is 23.0 Å². The van der Waals surface area contributed by atoms with E-state index in [-0.39, 0.29) is 17.1 Å². The fourth-order valence-electron chi connectivity index (χ4n) is 1.75. The minimum absolute atomic E-state index is 0.0241. The van der Waals surface area contributed by atoms with Crippen LogP contribution in [0.1, 0.15) is 18.7 Å². The number of rotatable bonds is 5. The molecule has 0 spiro atoms. The van der Waals surface area contributed by atoms with E-state index in [1.165, 1.54) is 4.88 Å². The largest absolute Gasteiger partial charge is 0.367 e. The van der Waals surface area contributed by atoms with Crippen LogP contribution in [0.25, 0.3) is 0 Å². The monoisotopic (exact) mass is 298 g/mol. The van der Waals surface area contributed by atoms with Crippen LogP contribution in [0.4, 0.5) is 20.4 Å². The van der Waals surface area contributed by atoms with Crippen LogP contribution in [0.5, 0.6) is 0 Å². The Bertz CT molecular complexity index is 584. The van der Waals surface area contributed by atoms with Gasteiger partial charge < -0.3 is 10.7 Å². The zero-order valence-electron chi connectivity index (χ0n) is 11.2. The third-order valence-electron chi connectivity index (χ3n) is 2.95. The molecule has 2 aromatic heterocycles. The lowest BCUT2D eigenvalue weighted by Gasteiger charge is -2.24. The SMILES string of the molecule is CC(C)(CNc1nc(NN)c(F)cc1F)c1cccs1. The molecule has 0 atom stereocenters. The number of nitrogens with one attached hydrogen (secondary N) is 2. The first-order chi connectivity index (χ1) is 9.44. The molecule has 0 aliphatic carbocycles. The number of nitrogen functional groups attached to an aromatic ring is 1. The quantitative estimate of drug-likeness (QED) is 0.586. The van der Waals surface area contributed by atoms with Crippen molar-refractivity contribution < 1.29 is 8.78 Å². The van der Waals surface area contributed by atoms with Crippen molar-refractivity contribution in [2.45, 2.75) is 19.3 Å². The highest BCUT2D eigenvalue weighted by Gasteiger charge is 2.22. The Labute approximate surface area is 120 Å². The maximum atomic E-state index is 13.7. The van der Waals surface area contributed by atoms with Crippen LogP contribution < -0.4 is 16.6 Å². The second-order valence-corrected chi connectivity index (χ2v) is 5.96. The van der Waals surface area contributed by atoms with E-state index >= 15 is 0 Å². The number of hydrogen-bond acceptors (Lipinski definition) is 5. The predicted molar refractivity (Wildman–Crippen MR) is 77.8 cm³/mol. The Balaban J connectivity index is 2.15. The van der Waals surface area contributed by atoms with Gasteiger partial charge in [-0.2, -0.15) is 0 Å². The summed E-state index contributed by atoms with van der Waals surface area (Å²) in [5.41, 5.74) is 1.91. The third kappa shape index (κ3) is 3.05. The lowest BCUT2D eigenvalue weighted by atomic mass is 9.91. The van der Waals surface area contributed by atoms with Crippen LogP contribution in [-0.4, -0.2) is 11.5 Å². The highest BCUT2D eigenvalue weighted by atomic mass is 32.1. The fourth-order valence-corrected chi connectivity index (χ4v) is 2.60. The fraction of sp³-hybridized carbons (Fsp3) is 0.308. The van der Waals surface area contributed by atoms with E-state index in [4.69, 9.17) is 5.84 Å². The summed E-state index contributed by atoms with van der Waals surface area (Å²) in [5, 5.41) is 4.89. The minimum Gasteiger partial charge on any atom is -0.367 e. The number of halogens is 2. The lowest BCUT2D eigenvalue weighted by Crippen LogP contribution is -2.27. The van der Waals surface area contributed by atoms with Crippen LogP contribution in [0.2, 0.25) is 0 Å². The molecule has 2 heterocycles. The summed E-state index contributed by atoms with van der Waals surface area (Å²) in [7, 11) is 0.